The molecule has 104 valence electrons. The summed E-state index contributed by atoms with van der Waals surface area (Å²) in [4.78, 5) is 27.0. The van der Waals surface area contributed by atoms with Gasteiger partial charge < -0.3 is 5.11 Å². The third-order valence-electron chi connectivity index (χ3n) is 3.15. The second-order valence-corrected chi connectivity index (χ2v) is 4.51. The van der Waals surface area contributed by atoms with Crippen molar-refractivity contribution in [1.29, 1.82) is 0 Å². The van der Waals surface area contributed by atoms with Crippen LogP contribution in [-0.4, -0.2) is 25.8 Å². The van der Waals surface area contributed by atoms with E-state index in [2.05, 4.69) is 10.1 Å². The van der Waals surface area contributed by atoms with Crippen molar-refractivity contribution in [3.63, 3.8) is 0 Å². The van der Waals surface area contributed by atoms with Crippen molar-refractivity contribution in [3.8, 4) is 0 Å². The number of rotatable bonds is 3. The van der Waals surface area contributed by atoms with Crippen LogP contribution < -0.4 is 5.56 Å². The van der Waals surface area contributed by atoms with E-state index in [9.17, 15) is 9.59 Å². The molecule has 0 radical (unpaired) electrons. The van der Waals surface area contributed by atoms with E-state index in [0.717, 1.165) is 21.1 Å². The summed E-state index contributed by atoms with van der Waals surface area (Å²) in [6.45, 7) is 0.197. The molecule has 0 spiro atoms. The summed E-state index contributed by atoms with van der Waals surface area (Å²) >= 11 is 0. The molecule has 0 unspecified atom stereocenters. The molecule has 0 bridgehead atoms. The van der Waals surface area contributed by atoms with E-state index in [1.54, 1.807) is 12.3 Å². The van der Waals surface area contributed by atoms with Gasteiger partial charge in [0.05, 0.1) is 12.1 Å². The molecule has 3 aromatic rings. The zero-order valence-corrected chi connectivity index (χ0v) is 10.9. The maximum Gasteiger partial charge on any atom is 0.356 e. The van der Waals surface area contributed by atoms with E-state index >= 15 is 0 Å². The molecule has 0 amide bonds. The monoisotopic (exact) mass is 281 g/mol. The Morgan fingerprint density at radius 3 is 2.76 bits per heavy atom. The van der Waals surface area contributed by atoms with E-state index in [1.165, 1.54) is 12.1 Å². The molecule has 21 heavy (non-hydrogen) atoms. The van der Waals surface area contributed by atoms with Gasteiger partial charge in [0.25, 0.3) is 5.56 Å². The zero-order chi connectivity index (χ0) is 14.8. The predicted molar refractivity (Wildman–Crippen MR) is 76.3 cm³/mol. The number of fused-ring (bicyclic) bond motifs is 1. The topological polar surface area (TPSA) is 85.1 Å². The summed E-state index contributed by atoms with van der Waals surface area (Å²) in [7, 11) is 0. The second-order valence-electron chi connectivity index (χ2n) is 4.51. The van der Waals surface area contributed by atoms with Gasteiger partial charge in [-0.1, -0.05) is 18.2 Å². The number of pyridine rings is 1. The molecule has 0 fully saturated rings. The van der Waals surface area contributed by atoms with Gasteiger partial charge in [-0.05, 0) is 23.8 Å². The third-order valence-corrected chi connectivity index (χ3v) is 3.15. The number of hydrogen-bond acceptors (Lipinski definition) is 4. The number of carboxylic acid groups (broad SMARTS) is 1. The molecule has 2 heterocycles. The Morgan fingerprint density at radius 2 is 1.95 bits per heavy atom. The van der Waals surface area contributed by atoms with Crippen LogP contribution in [0.15, 0.2) is 53.5 Å². The van der Waals surface area contributed by atoms with E-state index in [4.69, 9.17) is 5.11 Å². The highest BCUT2D eigenvalue weighted by Gasteiger charge is 2.09. The fourth-order valence-corrected chi connectivity index (χ4v) is 2.13. The van der Waals surface area contributed by atoms with E-state index in [0.29, 0.717) is 0 Å². The Balaban J connectivity index is 2.09. The number of hydrogen-bond donors (Lipinski definition) is 1. The first-order chi connectivity index (χ1) is 10.1. The summed E-state index contributed by atoms with van der Waals surface area (Å²) in [6, 6.07) is 11.8. The molecule has 2 aromatic heterocycles. The van der Waals surface area contributed by atoms with Crippen molar-refractivity contribution in [1.82, 2.24) is 14.8 Å². The molecule has 1 aromatic carbocycles. The zero-order valence-electron chi connectivity index (χ0n) is 10.9. The number of para-hydroxylation sites is 1. The van der Waals surface area contributed by atoms with Crippen molar-refractivity contribution in [2.75, 3.05) is 0 Å². The fourth-order valence-electron chi connectivity index (χ4n) is 2.13. The Kier molecular flexibility index (Phi) is 3.19. The second kappa shape index (κ2) is 5.16. The Labute approximate surface area is 119 Å². The maximum absolute atomic E-state index is 11.8. The minimum Gasteiger partial charge on any atom is -0.476 e. The summed E-state index contributed by atoms with van der Waals surface area (Å²) < 4.78 is 1.14. The standard InChI is InChI=1S/C15H11N3O3/c19-14-6-5-13(15(20)21)17-18(14)9-10-7-8-16-12-4-2-1-3-11(10)12/h1-8H,9H2,(H,20,21). The average molecular weight is 281 g/mol. The SMILES string of the molecule is O=C(O)c1ccc(=O)n(Cc2ccnc3ccccc23)n1. The number of benzene rings is 1. The van der Waals surface area contributed by atoms with E-state index in [-0.39, 0.29) is 17.8 Å². The molecule has 0 aliphatic heterocycles. The smallest absolute Gasteiger partial charge is 0.356 e. The van der Waals surface area contributed by atoms with E-state index < -0.39 is 5.97 Å². The van der Waals surface area contributed by atoms with E-state index in [1.807, 2.05) is 24.3 Å². The molecule has 0 atom stereocenters. The molecule has 3 rings (SSSR count). The van der Waals surface area contributed by atoms with Gasteiger partial charge in [0.15, 0.2) is 5.69 Å². The van der Waals surface area contributed by atoms with Crippen LogP contribution in [0, 0.1) is 0 Å². The Bertz CT molecular complexity index is 881. The lowest BCUT2D eigenvalue weighted by atomic mass is 10.1. The molecular weight excluding hydrogens is 270 g/mol. The molecule has 6 nitrogen and oxygen atoms in total. The van der Waals surface area contributed by atoms with Crippen LogP contribution in [0.1, 0.15) is 16.1 Å². The average Bonchev–Trinajstić information content (AvgIpc) is 2.49. The van der Waals surface area contributed by atoms with Crippen LogP contribution in [0.5, 0.6) is 0 Å². The number of carbonyl (C=O) groups is 1. The largest absolute Gasteiger partial charge is 0.476 e. The van der Waals surface area contributed by atoms with Crippen molar-refractivity contribution >= 4 is 16.9 Å². The first kappa shape index (κ1) is 13.0. The number of aromatic nitrogens is 3. The minimum absolute atomic E-state index is 0.159. The number of carboxylic acids is 1. The highest BCUT2D eigenvalue weighted by molar-refractivity contribution is 5.85. The van der Waals surface area contributed by atoms with Crippen LogP contribution in [0.25, 0.3) is 10.9 Å². The third kappa shape index (κ3) is 2.51. The lowest BCUT2D eigenvalue weighted by molar-refractivity contribution is 0.0687. The van der Waals surface area contributed by atoms with Crippen LogP contribution in [0.4, 0.5) is 0 Å². The molecular formula is C15H11N3O3. The molecule has 0 saturated heterocycles. The molecule has 0 aliphatic rings. The Hall–Kier alpha value is -3.02. The van der Waals surface area contributed by atoms with Crippen molar-refractivity contribution in [3.05, 3.63) is 70.3 Å². The normalized spacial score (nSPS) is 10.7. The quantitative estimate of drug-likeness (QED) is 0.787. The van der Waals surface area contributed by atoms with Crippen molar-refractivity contribution < 1.29 is 9.90 Å². The van der Waals surface area contributed by atoms with Gasteiger partial charge >= 0.3 is 5.97 Å². The molecule has 0 aliphatic carbocycles. The summed E-state index contributed by atoms with van der Waals surface area (Å²) in [5, 5.41) is 13.7. The fraction of sp³-hybridized carbons (Fsp3) is 0.0667. The van der Waals surface area contributed by atoms with Gasteiger partial charge in [-0.2, -0.15) is 5.10 Å². The van der Waals surface area contributed by atoms with Crippen molar-refractivity contribution in [2.24, 2.45) is 0 Å². The predicted octanol–water partition coefficient (Wildman–Crippen LogP) is 1.54. The lowest BCUT2D eigenvalue weighted by Crippen LogP contribution is -2.25. The van der Waals surface area contributed by atoms with Gasteiger partial charge in [-0.15, -0.1) is 0 Å². The first-order valence-corrected chi connectivity index (χ1v) is 6.29. The van der Waals surface area contributed by atoms with Gasteiger partial charge in [0, 0.05) is 17.6 Å². The minimum atomic E-state index is -1.16. The number of nitrogens with zero attached hydrogens (tertiary/aromatic N) is 3. The van der Waals surface area contributed by atoms with Crippen LogP contribution in [0.3, 0.4) is 0 Å². The van der Waals surface area contributed by atoms with Crippen LogP contribution in [0.2, 0.25) is 0 Å². The highest BCUT2D eigenvalue weighted by atomic mass is 16.4. The van der Waals surface area contributed by atoms with Crippen LogP contribution in [-0.2, 0) is 6.54 Å². The van der Waals surface area contributed by atoms with Gasteiger partial charge in [0.2, 0.25) is 0 Å². The summed E-state index contributed by atoms with van der Waals surface area (Å²) in [6.07, 6.45) is 1.66. The van der Waals surface area contributed by atoms with Crippen LogP contribution >= 0.6 is 0 Å². The molecule has 0 saturated carbocycles. The first-order valence-electron chi connectivity index (χ1n) is 6.29. The Morgan fingerprint density at radius 1 is 1.14 bits per heavy atom. The summed E-state index contributed by atoms with van der Waals surface area (Å²) in [5.74, 6) is -1.16. The summed E-state index contributed by atoms with van der Waals surface area (Å²) in [5.41, 5.74) is 1.17. The van der Waals surface area contributed by atoms with Crippen molar-refractivity contribution in [2.45, 2.75) is 6.54 Å². The lowest BCUT2D eigenvalue weighted by Gasteiger charge is -2.08. The van der Waals surface area contributed by atoms with Gasteiger partial charge in [-0.25, -0.2) is 9.48 Å². The molecule has 6 heteroatoms. The molecule has 1 N–H and O–H groups in total. The number of aromatic carboxylic acids is 1. The van der Waals surface area contributed by atoms with Gasteiger partial charge in [-0.3, -0.25) is 9.78 Å². The van der Waals surface area contributed by atoms with Gasteiger partial charge in [0.1, 0.15) is 0 Å². The highest BCUT2D eigenvalue weighted by Crippen LogP contribution is 2.16. The maximum atomic E-state index is 11.8.